The summed E-state index contributed by atoms with van der Waals surface area (Å²) in [5, 5.41) is 9.45. The van der Waals surface area contributed by atoms with E-state index in [2.05, 4.69) is 9.83 Å². The molecular weight excluding hydrogens is 317 g/mol. The van der Waals surface area contributed by atoms with Crippen LogP contribution in [0.25, 0.3) is 4.85 Å². The highest BCUT2D eigenvalue weighted by atomic mass is 32.2. The van der Waals surface area contributed by atoms with Crippen LogP contribution in [0.3, 0.4) is 0 Å². The third-order valence-corrected chi connectivity index (χ3v) is 4.54. The van der Waals surface area contributed by atoms with E-state index in [1.165, 1.54) is 10.8 Å². The average Bonchev–Trinajstić information content (AvgIpc) is 2.83. The molecule has 9 heteroatoms. The van der Waals surface area contributed by atoms with Crippen LogP contribution in [0.2, 0.25) is 0 Å². The molecule has 0 bridgehead atoms. The van der Waals surface area contributed by atoms with Crippen molar-refractivity contribution < 1.29 is 17.4 Å². The molecule has 1 heterocycles. The van der Waals surface area contributed by atoms with Crippen LogP contribution in [0.5, 0.6) is 0 Å². The third kappa shape index (κ3) is 4.31. The summed E-state index contributed by atoms with van der Waals surface area (Å²) in [5.74, 6) is 0.352. The minimum absolute atomic E-state index is 0.187. The van der Waals surface area contributed by atoms with Crippen molar-refractivity contribution in [1.29, 1.82) is 5.26 Å². The Balaban J connectivity index is 3.03. The second-order valence-electron chi connectivity index (χ2n) is 4.77. The molecule has 5 nitrogen and oxygen atoms in total. The maximum atomic E-state index is 12.4. The molecule has 0 amide bonds. The molecule has 0 saturated heterocycles. The Hall–Kier alpha value is -1.87. The molecule has 0 spiro atoms. The summed E-state index contributed by atoms with van der Waals surface area (Å²) in [4.78, 5) is 7.10. The van der Waals surface area contributed by atoms with Gasteiger partial charge in [0.2, 0.25) is 0 Å². The first kappa shape index (κ1) is 18.2. The Labute approximate surface area is 129 Å². The van der Waals surface area contributed by atoms with Gasteiger partial charge in [-0.3, -0.25) is 9.05 Å². The van der Waals surface area contributed by atoms with Gasteiger partial charge in [0.05, 0.1) is 23.6 Å². The van der Waals surface area contributed by atoms with Gasteiger partial charge >= 0.3 is 11.7 Å². The number of alkyl halides is 3. The fourth-order valence-electron chi connectivity index (χ4n) is 1.88. The van der Waals surface area contributed by atoms with E-state index in [4.69, 9.17) is 11.8 Å². The van der Waals surface area contributed by atoms with E-state index in [1.807, 2.05) is 0 Å². The Morgan fingerprint density at radius 1 is 1.50 bits per heavy atom. The summed E-state index contributed by atoms with van der Waals surface area (Å²) in [6.45, 7) is 8.82. The van der Waals surface area contributed by atoms with E-state index in [0.717, 1.165) is 0 Å². The molecule has 0 N–H and O–H groups in total. The lowest BCUT2D eigenvalue weighted by Crippen LogP contribution is -2.29. The molecule has 0 radical (unpaired) electrons. The van der Waals surface area contributed by atoms with E-state index in [9.17, 15) is 17.4 Å². The topological polar surface area (TPSA) is 63.0 Å². The summed E-state index contributed by atoms with van der Waals surface area (Å²) in [5.41, 5.74) is -1.38. The van der Waals surface area contributed by atoms with Crippen LogP contribution in [0.15, 0.2) is 11.4 Å². The molecule has 0 aromatic carbocycles. The summed E-state index contributed by atoms with van der Waals surface area (Å²) in [6.07, 6.45) is -5.06. The number of hydrogen-bond acceptors (Lipinski definition) is 3. The van der Waals surface area contributed by atoms with Crippen molar-refractivity contribution in [3.8, 4) is 6.07 Å². The SMILES string of the molecule is [C-]#[N+]C(C#N)(CCC(F)(F)F)Cc1cnc(S(=O)CC)n1C. The highest BCUT2D eigenvalue weighted by Gasteiger charge is 2.42. The van der Waals surface area contributed by atoms with Crippen LogP contribution in [-0.4, -0.2) is 31.2 Å². The van der Waals surface area contributed by atoms with Crippen LogP contribution in [-0.2, 0) is 24.3 Å². The van der Waals surface area contributed by atoms with Crippen molar-refractivity contribution >= 4 is 10.8 Å². The lowest BCUT2D eigenvalue weighted by Gasteiger charge is -2.16. The summed E-state index contributed by atoms with van der Waals surface area (Å²) >= 11 is 0. The lowest BCUT2D eigenvalue weighted by atomic mass is 9.90. The van der Waals surface area contributed by atoms with E-state index in [1.54, 1.807) is 20.0 Å². The first-order valence-electron chi connectivity index (χ1n) is 6.43. The van der Waals surface area contributed by atoms with Gasteiger partial charge in [-0.25, -0.2) is 11.6 Å². The van der Waals surface area contributed by atoms with Crippen molar-refractivity contribution in [3.05, 3.63) is 23.3 Å². The van der Waals surface area contributed by atoms with Crippen LogP contribution in [0.1, 0.15) is 25.5 Å². The van der Waals surface area contributed by atoms with Crippen LogP contribution >= 0.6 is 0 Å². The normalized spacial score (nSPS) is 15.6. The van der Waals surface area contributed by atoms with Crippen LogP contribution in [0, 0.1) is 17.9 Å². The first-order valence-corrected chi connectivity index (χ1v) is 7.75. The first-order chi connectivity index (χ1) is 10.2. The maximum absolute atomic E-state index is 12.4. The molecule has 0 aliphatic rings. The van der Waals surface area contributed by atoms with Gasteiger partial charge in [-0.2, -0.15) is 18.4 Å². The van der Waals surface area contributed by atoms with Crippen molar-refractivity contribution in [3.63, 3.8) is 0 Å². The van der Waals surface area contributed by atoms with Crippen molar-refractivity contribution in [2.75, 3.05) is 5.75 Å². The molecule has 0 fully saturated rings. The molecule has 0 aliphatic carbocycles. The number of nitrogens with zero attached hydrogens (tertiary/aromatic N) is 4. The monoisotopic (exact) mass is 332 g/mol. The molecule has 2 atom stereocenters. The molecule has 0 aliphatic heterocycles. The average molecular weight is 332 g/mol. The minimum atomic E-state index is -4.42. The number of hydrogen-bond donors (Lipinski definition) is 0. The van der Waals surface area contributed by atoms with Crippen molar-refractivity contribution in [2.45, 2.75) is 43.1 Å². The molecule has 0 saturated carbocycles. The van der Waals surface area contributed by atoms with Crippen molar-refractivity contribution in [1.82, 2.24) is 9.55 Å². The number of nitriles is 1. The maximum Gasteiger partial charge on any atom is 0.389 e. The van der Waals surface area contributed by atoms with Gasteiger partial charge in [0.1, 0.15) is 0 Å². The molecule has 22 heavy (non-hydrogen) atoms. The fourth-order valence-corrected chi connectivity index (χ4v) is 2.73. The van der Waals surface area contributed by atoms with Gasteiger partial charge in [0, 0.05) is 31.1 Å². The lowest BCUT2D eigenvalue weighted by molar-refractivity contribution is -0.136. The predicted molar refractivity (Wildman–Crippen MR) is 74.1 cm³/mol. The molecule has 1 rings (SSSR count). The number of halogens is 3. The molecule has 120 valence electrons. The van der Waals surface area contributed by atoms with E-state index < -0.39 is 35.4 Å². The van der Waals surface area contributed by atoms with Crippen molar-refractivity contribution in [2.24, 2.45) is 7.05 Å². The molecule has 2 unspecified atom stereocenters. The standard InChI is InChI=1S/C13H15F3N4OS/c1-4-22(21)11-19-8-10(20(11)3)7-12(9-17,18-2)5-6-13(14,15)16/h8H,4-7H2,1,3H3. The van der Waals surface area contributed by atoms with Crippen LogP contribution < -0.4 is 0 Å². The van der Waals surface area contributed by atoms with E-state index >= 15 is 0 Å². The Morgan fingerprint density at radius 2 is 2.14 bits per heavy atom. The van der Waals surface area contributed by atoms with Gasteiger partial charge in [-0.1, -0.05) is 6.92 Å². The zero-order chi connectivity index (χ0) is 17.0. The van der Waals surface area contributed by atoms with Gasteiger partial charge in [-0.15, -0.1) is 0 Å². The number of rotatable bonds is 6. The zero-order valence-electron chi connectivity index (χ0n) is 12.1. The fraction of sp³-hybridized carbons (Fsp3) is 0.615. The third-order valence-electron chi connectivity index (χ3n) is 3.23. The van der Waals surface area contributed by atoms with Gasteiger partial charge < -0.3 is 4.57 Å². The minimum Gasteiger partial charge on any atom is -0.324 e. The summed E-state index contributed by atoms with van der Waals surface area (Å²) in [7, 11) is 0.251. The predicted octanol–water partition coefficient (Wildman–Crippen LogP) is 2.61. The van der Waals surface area contributed by atoms with E-state index in [0.29, 0.717) is 11.4 Å². The van der Waals surface area contributed by atoms with Gasteiger partial charge in [0.15, 0.2) is 11.2 Å². The number of imidazole rings is 1. The summed E-state index contributed by atoms with van der Waals surface area (Å²) in [6, 6.07) is 1.69. The van der Waals surface area contributed by atoms with E-state index in [-0.39, 0.29) is 11.6 Å². The quantitative estimate of drug-likeness (QED) is 0.752. The second-order valence-corrected chi connectivity index (χ2v) is 6.41. The van der Waals surface area contributed by atoms with Crippen LogP contribution in [0.4, 0.5) is 13.2 Å². The highest BCUT2D eigenvalue weighted by Crippen LogP contribution is 2.30. The molecular formula is C13H15F3N4OS. The van der Waals surface area contributed by atoms with Gasteiger partial charge in [-0.05, 0) is 0 Å². The Morgan fingerprint density at radius 3 is 2.59 bits per heavy atom. The zero-order valence-corrected chi connectivity index (χ0v) is 13.0. The number of aromatic nitrogens is 2. The van der Waals surface area contributed by atoms with Gasteiger partial charge in [0.25, 0.3) is 0 Å². The molecule has 1 aromatic rings. The largest absolute Gasteiger partial charge is 0.389 e. The molecule has 1 aromatic heterocycles. The Bertz CT molecular complexity index is 625. The second kappa shape index (κ2) is 6.93. The highest BCUT2D eigenvalue weighted by molar-refractivity contribution is 7.84. The Kier molecular flexibility index (Phi) is 5.72. The summed E-state index contributed by atoms with van der Waals surface area (Å²) < 4.78 is 50.3. The smallest absolute Gasteiger partial charge is 0.324 e.